The van der Waals surface area contributed by atoms with Gasteiger partial charge in [0.1, 0.15) is 0 Å². The van der Waals surface area contributed by atoms with Crippen LogP contribution in [0.3, 0.4) is 0 Å². The lowest BCUT2D eigenvalue weighted by Gasteiger charge is -2.23. The molecule has 0 bridgehead atoms. The minimum atomic E-state index is -6.10. The Balaban J connectivity index is 4.97. The van der Waals surface area contributed by atoms with Crippen LogP contribution in [-0.2, 0) is 19.9 Å². The number of rotatable bonds is 5. The van der Waals surface area contributed by atoms with Crippen LogP contribution < -0.4 is 4.72 Å². The number of alkyl halides is 4. The van der Waals surface area contributed by atoms with E-state index in [1.807, 2.05) is 0 Å². The molecule has 16 heavy (non-hydrogen) atoms. The van der Waals surface area contributed by atoms with Gasteiger partial charge in [-0.15, -0.1) is 4.72 Å². The lowest BCUT2D eigenvalue weighted by Crippen LogP contribution is -2.55. The van der Waals surface area contributed by atoms with E-state index in [1.54, 1.807) is 0 Å². The van der Waals surface area contributed by atoms with Gasteiger partial charge in [-0.3, -0.25) is 0 Å². The molecule has 0 fully saturated rings. The highest BCUT2D eigenvalue weighted by molar-refractivity contribution is 7.84. The monoisotopic (exact) mass is 269 g/mol. The Labute approximate surface area is 86.2 Å². The molecule has 0 aliphatic carbocycles. The van der Waals surface area contributed by atoms with Gasteiger partial charge >= 0.3 is 28.5 Å². The van der Waals surface area contributed by atoms with Gasteiger partial charge in [-0.05, 0) is 0 Å². The number of carbonyl (C=O) groups is 1. The molecule has 0 amide bonds. The Bertz CT molecular complexity index is 392. The zero-order valence-corrected chi connectivity index (χ0v) is 8.03. The molecule has 0 aromatic rings. The fourth-order valence-corrected chi connectivity index (χ4v) is 0.870. The molecule has 0 atom stereocenters. The molecule has 0 heterocycles. The molecule has 0 saturated carbocycles. The Morgan fingerprint density at radius 3 is 2.06 bits per heavy atom. The third kappa shape index (κ3) is 4.10. The standard InChI is InChI=1S/C5H4F5NO4S/c1-2-3(12)15-5(8,9)4(6,7)11-16(10,13)14/h2,11H,1H2. The minimum absolute atomic E-state index is 0.133. The van der Waals surface area contributed by atoms with Gasteiger partial charge in [0.15, 0.2) is 0 Å². The summed E-state index contributed by atoms with van der Waals surface area (Å²) in [7, 11) is -6.10. The maximum absolute atomic E-state index is 12.4. The molecule has 0 saturated heterocycles. The van der Waals surface area contributed by atoms with Crippen molar-refractivity contribution in [3.05, 3.63) is 12.7 Å². The van der Waals surface area contributed by atoms with Crippen molar-refractivity contribution < 1.29 is 39.4 Å². The van der Waals surface area contributed by atoms with Gasteiger partial charge < -0.3 is 4.74 Å². The Hall–Kier alpha value is -1.23. The van der Waals surface area contributed by atoms with Crippen molar-refractivity contribution in [1.29, 1.82) is 0 Å². The van der Waals surface area contributed by atoms with Crippen molar-refractivity contribution >= 4 is 16.4 Å². The van der Waals surface area contributed by atoms with E-state index in [0.717, 1.165) is 0 Å². The van der Waals surface area contributed by atoms with E-state index in [9.17, 15) is 34.7 Å². The zero-order chi connectivity index (χ0) is 13.2. The van der Waals surface area contributed by atoms with Gasteiger partial charge in [0.25, 0.3) is 0 Å². The van der Waals surface area contributed by atoms with Crippen LogP contribution in [-0.4, -0.2) is 26.5 Å². The summed E-state index contributed by atoms with van der Waals surface area (Å²) in [4.78, 5) is 10.2. The van der Waals surface area contributed by atoms with Crippen molar-refractivity contribution in [1.82, 2.24) is 4.72 Å². The zero-order valence-electron chi connectivity index (χ0n) is 7.22. The maximum atomic E-state index is 12.4. The number of esters is 1. The molecule has 0 spiro atoms. The molecule has 5 nitrogen and oxygen atoms in total. The lowest BCUT2D eigenvalue weighted by molar-refractivity contribution is -0.333. The van der Waals surface area contributed by atoms with Crippen LogP contribution in [0.4, 0.5) is 21.4 Å². The smallest absolute Gasteiger partial charge is 0.392 e. The van der Waals surface area contributed by atoms with Gasteiger partial charge in [-0.1, -0.05) is 10.5 Å². The minimum Gasteiger partial charge on any atom is -0.392 e. The van der Waals surface area contributed by atoms with E-state index in [-0.39, 0.29) is 10.8 Å². The van der Waals surface area contributed by atoms with Crippen molar-refractivity contribution in [2.45, 2.75) is 12.2 Å². The quantitative estimate of drug-likeness (QED) is 0.262. The van der Waals surface area contributed by atoms with E-state index in [2.05, 4.69) is 11.3 Å². The summed E-state index contributed by atoms with van der Waals surface area (Å²) in [5.74, 6) is -1.94. The summed E-state index contributed by atoms with van der Waals surface area (Å²) in [5.41, 5.74) is 0. The van der Waals surface area contributed by atoms with Crippen molar-refractivity contribution in [2.24, 2.45) is 0 Å². The molecule has 94 valence electrons. The number of carbonyl (C=O) groups excluding carboxylic acids is 1. The second-order valence-corrected chi connectivity index (χ2v) is 3.34. The van der Waals surface area contributed by atoms with Crippen molar-refractivity contribution in [2.75, 3.05) is 0 Å². The summed E-state index contributed by atoms with van der Waals surface area (Å²) in [6.45, 7) is 2.64. The van der Waals surface area contributed by atoms with Crippen LogP contribution in [0, 0.1) is 0 Å². The van der Waals surface area contributed by atoms with Crippen LogP contribution in [0.25, 0.3) is 0 Å². The molecule has 0 aromatic heterocycles. The van der Waals surface area contributed by atoms with Gasteiger partial charge in [-0.2, -0.15) is 26.0 Å². The number of hydrogen-bond donors (Lipinski definition) is 1. The summed E-state index contributed by atoms with van der Waals surface area (Å²) in [6.07, 6.45) is -5.43. The van der Waals surface area contributed by atoms with Gasteiger partial charge in [-0.25, -0.2) is 4.79 Å². The summed E-state index contributed by atoms with van der Waals surface area (Å²) in [6, 6.07) is -5.63. The van der Waals surface area contributed by atoms with Gasteiger partial charge in [0.2, 0.25) is 0 Å². The largest absolute Gasteiger partial charge is 0.483 e. The summed E-state index contributed by atoms with van der Waals surface area (Å²) < 4.78 is 83.3. The first-order chi connectivity index (χ1) is 6.91. The molecule has 0 rings (SSSR count). The normalized spacial score (nSPS) is 13.3. The van der Waals surface area contributed by atoms with Crippen LogP contribution in [0.1, 0.15) is 0 Å². The summed E-state index contributed by atoms with van der Waals surface area (Å²) in [5, 5.41) is 0. The predicted molar refractivity (Wildman–Crippen MR) is 39.3 cm³/mol. The SMILES string of the molecule is C=CC(=O)OC(F)(F)C(F)(F)NS(=O)(=O)F. The number of hydrogen-bond acceptors (Lipinski definition) is 4. The number of nitrogens with one attached hydrogen (secondary N) is 1. The molecule has 0 radical (unpaired) electrons. The first kappa shape index (κ1) is 14.8. The average molecular weight is 269 g/mol. The van der Waals surface area contributed by atoms with Crippen LogP contribution in [0.5, 0.6) is 0 Å². The second-order valence-electron chi connectivity index (χ2n) is 2.26. The molecule has 0 unspecified atom stereocenters. The van der Waals surface area contributed by atoms with Crippen molar-refractivity contribution in [3.63, 3.8) is 0 Å². The Kier molecular flexibility index (Phi) is 4.00. The third-order valence-electron chi connectivity index (χ3n) is 1.01. The first-order valence-corrected chi connectivity index (χ1v) is 4.64. The van der Waals surface area contributed by atoms with Crippen molar-refractivity contribution in [3.8, 4) is 0 Å². The summed E-state index contributed by atoms with van der Waals surface area (Å²) >= 11 is 0. The van der Waals surface area contributed by atoms with E-state index < -0.39 is 28.5 Å². The Morgan fingerprint density at radius 2 is 1.75 bits per heavy atom. The third-order valence-corrected chi connectivity index (χ3v) is 1.51. The molecular formula is C5H4F5NO4S. The van der Waals surface area contributed by atoms with E-state index in [0.29, 0.717) is 0 Å². The van der Waals surface area contributed by atoms with Crippen LogP contribution in [0.2, 0.25) is 0 Å². The molecular weight excluding hydrogens is 265 g/mol. The molecule has 0 aliphatic heterocycles. The molecule has 1 N–H and O–H groups in total. The first-order valence-electron chi connectivity index (χ1n) is 3.26. The highest BCUT2D eigenvalue weighted by Gasteiger charge is 2.62. The molecule has 0 aliphatic rings. The van der Waals surface area contributed by atoms with E-state index in [1.165, 1.54) is 0 Å². The van der Waals surface area contributed by atoms with E-state index in [4.69, 9.17) is 0 Å². The number of ether oxygens (including phenoxy) is 1. The average Bonchev–Trinajstić information content (AvgIpc) is 1.98. The van der Waals surface area contributed by atoms with Crippen LogP contribution >= 0.6 is 0 Å². The number of halogens is 5. The highest BCUT2D eigenvalue weighted by atomic mass is 32.3. The second kappa shape index (κ2) is 4.33. The molecule has 0 aromatic carbocycles. The fourth-order valence-electron chi connectivity index (χ4n) is 0.445. The van der Waals surface area contributed by atoms with Gasteiger partial charge in [0, 0.05) is 6.08 Å². The van der Waals surface area contributed by atoms with Crippen LogP contribution in [0.15, 0.2) is 12.7 Å². The van der Waals surface area contributed by atoms with E-state index >= 15 is 0 Å². The van der Waals surface area contributed by atoms with Gasteiger partial charge in [0.05, 0.1) is 0 Å². The fraction of sp³-hybridized carbons (Fsp3) is 0.400. The lowest BCUT2D eigenvalue weighted by atomic mass is 10.5. The maximum Gasteiger partial charge on any atom is 0.483 e. The predicted octanol–water partition coefficient (Wildman–Crippen LogP) is 0.705. The molecule has 11 heteroatoms. The topological polar surface area (TPSA) is 72.5 Å². The highest BCUT2D eigenvalue weighted by Crippen LogP contribution is 2.33. The Morgan fingerprint density at radius 1 is 1.31 bits per heavy atom.